The van der Waals surface area contributed by atoms with Crippen molar-refractivity contribution in [1.29, 1.82) is 0 Å². The van der Waals surface area contributed by atoms with E-state index in [1.54, 1.807) is 18.6 Å². The molecule has 396 valence electrons. The second-order valence-electron chi connectivity index (χ2n) is 13.4. The van der Waals surface area contributed by atoms with E-state index in [0.29, 0.717) is 38.5 Å². The normalized spacial score (nSPS) is 9.37. The summed E-state index contributed by atoms with van der Waals surface area (Å²) in [6, 6.07) is 18.9. The van der Waals surface area contributed by atoms with Gasteiger partial charge in [0.2, 0.25) is 5.91 Å². The lowest BCUT2D eigenvalue weighted by atomic mass is 10.1. The molecule has 0 spiro atoms. The third kappa shape index (κ3) is 44.2. The maximum Gasteiger partial charge on any atom is 0.330 e. The number of ketones is 1. The number of aliphatic imine (C=N–C) groups is 1. The Hall–Kier alpha value is -6.75. The van der Waals surface area contributed by atoms with E-state index in [1.807, 2.05) is 143 Å². The van der Waals surface area contributed by atoms with Crippen LogP contribution >= 0.6 is 0 Å². The quantitative estimate of drug-likeness (QED) is 0.0219. The summed E-state index contributed by atoms with van der Waals surface area (Å²) in [5, 5.41) is 2.92. The maximum absolute atomic E-state index is 12.6. The van der Waals surface area contributed by atoms with Gasteiger partial charge in [-0.05, 0) is 143 Å². The number of aryl methyl sites for hydroxylation is 2. The Morgan fingerprint density at radius 2 is 1.01 bits per heavy atom. The van der Waals surface area contributed by atoms with Crippen LogP contribution in [0.5, 0.6) is 11.5 Å². The van der Waals surface area contributed by atoms with E-state index in [4.69, 9.17) is 28.7 Å². The van der Waals surface area contributed by atoms with Crippen LogP contribution in [0, 0.1) is 13.8 Å². The number of carbonyl (C=O) groups is 4. The number of anilines is 1. The van der Waals surface area contributed by atoms with Crippen molar-refractivity contribution in [2.75, 3.05) is 38.4 Å². The lowest BCUT2D eigenvalue weighted by Crippen LogP contribution is -2.08. The van der Waals surface area contributed by atoms with Gasteiger partial charge in [-0.3, -0.25) is 14.6 Å². The summed E-state index contributed by atoms with van der Waals surface area (Å²) in [5.41, 5.74) is 5.20. The molecule has 0 aliphatic rings. The molecule has 0 heterocycles. The number of hydrogen-bond donors (Lipinski definition) is 1. The second kappa shape index (κ2) is 55.8. The summed E-state index contributed by atoms with van der Waals surface area (Å²) in [6.45, 7) is 44.1. The monoisotopic (exact) mass is 985 g/mol. The zero-order chi connectivity index (χ0) is 55.1. The van der Waals surface area contributed by atoms with E-state index in [1.165, 1.54) is 38.3 Å². The van der Waals surface area contributed by atoms with Crippen LogP contribution in [0.1, 0.15) is 143 Å². The Morgan fingerprint density at radius 1 is 0.606 bits per heavy atom. The van der Waals surface area contributed by atoms with Crippen molar-refractivity contribution in [3.8, 4) is 11.5 Å². The van der Waals surface area contributed by atoms with Crippen molar-refractivity contribution in [3.63, 3.8) is 0 Å². The molecule has 0 saturated carbocycles. The highest BCUT2D eigenvalue weighted by Gasteiger charge is 2.07. The SMILES string of the molecule is C/C=C/OCCCCC.C=C.C=CC(=O)OCCCCOc1ccc(C=Nc2c(C)cc(NC(=O)/C=C/c3ccc(OCCCCOC(=O)C=C)cc3)cc2C)cc1.C=CC(C)=O.CC.CC.CC.CC. The minimum absolute atomic E-state index is 0.0185. The number of hydrogen-bond acceptors (Lipinski definition) is 10. The first kappa shape index (κ1) is 73.2. The molecule has 0 aromatic heterocycles. The smallest absolute Gasteiger partial charge is 0.330 e. The van der Waals surface area contributed by atoms with Gasteiger partial charge in [0.15, 0.2) is 5.78 Å². The predicted molar refractivity (Wildman–Crippen MR) is 303 cm³/mol. The molecule has 0 radical (unpaired) electrons. The van der Waals surface area contributed by atoms with E-state index >= 15 is 0 Å². The number of nitrogens with zero attached hydrogens (tertiary/aromatic N) is 1. The van der Waals surface area contributed by atoms with Gasteiger partial charge in [-0.25, -0.2) is 9.59 Å². The number of nitrogens with one attached hydrogen (secondary N) is 1. The second-order valence-corrected chi connectivity index (χ2v) is 13.4. The van der Waals surface area contributed by atoms with E-state index in [9.17, 15) is 19.2 Å². The summed E-state index contributed by atoms with van der Waals surface area (Å²) >= 11 is 0. The van der Waals surface area contributed by atoms with Gasteiger partial charge in [-0.1, -0.05) is 113 Å². The molecule has 11 nitrogen and oxygen atoms in total. The van der Waals surface area contributed by atoms with Crippen LogP contribution in [-0.4, -0.2) is 62.9 Å². The molecule has 0 bridgehead atoms. The van der Waals surface area contributed by atoms with Crippen molar-refractivity contribution in [1.82, 2.24) is 0 Å². The fraction of sp³-hybridized carbons (Fsp3) is 0.417. The van der Waals surface area contributed by atoms with Crippen LogP contribution in [0.15, 0.2) is 135 Å². The standard InChI is InChI=1S/C38H42N2O7.C8H16O.C4H6O.4C2H6.C2H4/c1-5-36(42)46-23-9-7-21-44-33-16-11-30(12-17-33)15-20-35(41)40-32-25-28(3)38(29(4)26-32)39-27-31-13-18-34(19-14-31)45-22-8-10-24-47-37(43)6-2;1-3-5-6-8-9-7-4-2;1-3-4(2)5;5*1-2/h5-6,11-20,25-27H,1-2,7-10,21-24H2,3-4H3,(H,40,41);4,7H,3,5-6,8H2,1-2H3;3H,1H2,2H3;4*1-2H3;1-2H2/b20-15+,39-27?;7-4+;;;;;;. The van der Waals surface area contributed by atoms with E-state index in [0.717, 1.165) is 77.5 Å². The van der Waals surface area contributed by atoms with Crippen LogP contribution in [0.4, 0.5) is 11.4 Å². The van der Waals surface area contributed by atoms with E-state index in [2.05, 4.69) is 45.1 Å². The zero-order valence-electron chi connectivity index (χ0n) is 46.0. The fourth-order valence-electron chi connectivity index (χ4n) is 4.90. The lowest BCUT2D eigenvalue weighted by Gasteiger charge is -2.10. The van der Waals surface area contributed by atoms with Gasteiger partial charge < -0.3 is 29.0 Å². The Kier molecular flexibility index (Phi) is 57.6. The van der Waals surface area contributed by atoms with Gasteiger partial charge in [0, 0.05) is 30.1 Å². The lowest BCUT2D eigenvalue weighted by molar-refractivity contribution is -0.138. The number of rotatable bonds is 25. The van der Waals surface area contributed by atoms with Crippen LogP contribution in [0.2, 0.25) is 0 Å². The third-order valence-corrected chi connectivity index (χ3v) is 8.11. The van der Waals surface area contributed by atoms with Gasteiger partial charge in [0.25, 0.3) is 0 Å². The van der Waals surface area contributed by atoms with Crippen molar-refractivity contribution in [3.05, 3.63) is 152 Å². The average Bonchev–Trinajstić information content (AvgIpc) is 3.41. The van der Waals surface area contributed by atoms with Gasteiger partial charge >= 0.3 is 11.9 Å². The fourth-order valence-corrected chi connectivity index (χ4v) is 4.90. The van der Waals surface area contributed by atoms with Gasteiger partial charge in [0.1, 0.15) is 11.5 Å². The molecule has 0 aliphatic carbocycles. The Morgan fingerprint density at radius 3 is 1.41 bits per heavy atom. The number of amides is 1. The van der Waals surface area contributed by atoms with Crippen molar-refractivity contribution >= 4 is 47.3 Å². The largest absolute Gasteiger partial charge is 0.502 e. The third-order valence-electron chi connectivity index (χ3n) is 8.11. The highest BCUT2D eigenvalue weighted by atomic mass is 16.5. The molecule has 11 heteroatoms. The van der Waals surface area contributed by atoms with Crippen LogP contribution in [0.3, 0.4) is 0 Å². The molecule has 0 fully saturated rings. The Bertz CT molecular complexity index is 1870. The first-order chi connectivity index (χ1) is 34.4. The molecule has 0 unspecified atom stereocenters. The molecule has 71 heavy (non-hydrogen) atoms. The van der Waals surface area contributed by atoms with Crippen LogP contribution < -0.4 is 14.8 Å². The number of allylic oxidation sites excluding steroid dienone is 2. The van der Waals surface area contributed by atoms with Crippen LogP contribution in [-0.2, 0) is 33.4 Å². The van der Waals surface area contributed by atoms with Gasteiger partial charge in [0.05, 0.1) is 45.0 Å². The molecular formula is C60H92N2O9. The molecular weight excluding hydrogens is 893 g/mol. The highest BCUT2D eigenvalue weighted by molar-refractivity contribution is 6.02. The number of carbonyl (C=O) groups excluding carboxylic acids is 4. The zero-order valence-corrected chi connectivity index (χ0v) is 46.0. The molecule has 3 aromatic rings. The summed E-state index contributed by atoms with van der Waals surface area (Å²) in [5.74, 6) is 0.425. The van der Waals surface area contributed by atoms with Gasteiger partial charge in [-0.2, -0.15) is 0 Å². The molecule has 3 aromatic carbocycles. The number of ether oxygens (including phenoxy) is 5. The highest BCUT2D eigenvalue weighted by Crippen LogP contribution is 2.28. The molecule has 1 N–H and O–H groups in total. The summed E-state index contributed by atoms with van der Waals surface area (Å²) in [7, 11) is 0. The number of unbranched alkanes of at least 4 members (excludes halogenated alkanes) is 4. The van der Waals surface area contributed by atoms with Gasteiger partial charge in [-0.15, -0.1) is 13.2 Å². The minimum Gasteiger partial charge on any atom is -0.502 e. The van der Waals surface area contributed by atoms with Crippen molar-refractivity contribution in [2.24, 2.45) is 4.99 Å². The topological polar surface area (TPSA) is 139 Å². The first-order valence-corrected chi connectivity index (χ1v) is 25.0. The molecule has 3 rings (SSSR count). The van der Waals surface area contributed by atoms with E-state index in [-0.39, 0.29) is 11.7 Å². The number of esters is 2. The van der Waals surface area contributed by atoms with Crippen molar-refractivity contribution in [2.45, 2.75) is 135 Å². The number of benzene rings is 3. The molecule has 0 aliphatic heterocycles. The summed E-state index contributed by atoms with van der Waals surface area (Å²) in [6.07, 6.45) is 18.9. The molecule has 0 atom stereocenters. The Balaban J connectivity index is -0.000000507. The van der Waals surface area contributed by atoms with E-state index < -0.39 is 11.9 Å². The predicted octanol–water partition coefficient (Wildman–Crippen LogP) is 15.9. The average molecular weight is 985 g/mol. The molecule has 0 saturated heterocycles. The Labute approximate surface area is 430 Å². The molecule has 1 amide bonds. The summed E-state index contributed by atoms with van der Waals surface area (Å²) < 4.78 is 26.5. The first-order valence-electron chi connectivity index (χ1n) is 25.0. The van der Waals surface area contributed by atoms with Crippen LogP contribution in [0.25, 0.3) is 6.08 Å². The van der Waals surface area contributed by atoms with Crippen molar-refractivity contribution < 1.29 is 42.9 Å². The minimum atomic E-state index is -0.421. The summed E-state index contributed by atoms with van der Waals surface area (Å²) in [4.78, 5) is 49.1. The maximum atomic E-state index is 12.6.